The van der Waals surface area contributed by atoms with Crippen LogP contribution in [0.4, 0.5) is 4.39 Å². The minimum Gasteiger partial charge on any atom is -0.468 e. The highest BCUT2D eigenvalue weighted by Gasteiger charge is 2.19. The van der Waals surface area contributed by atoms with Crippen molar-refractivity contribution in [2.24, 2.45) is 0 Å². The SMILES string of the molecule is COC(=O)C(Cl)c1cc(F)cc(Cl)c1. The molecule has 76 valence electrons. The smallest absolute Gasteiger partial charge is 0.328 e. The Labute approximate surface area is 90.6 Å². The fraction of sp³-hybridized carbons (Fsp3) is 0.222. The highest BCUT2D eigenvalue weighted by molar-refractivity contribution is 6.32. The molecule has 0 bridgehead atoms. The van der Waals surface area contributed by atoms with E-state index in [1.807, 2.05) is 0 Å². The predicted molar refractivity (Wildman–Crippen MR) is 52.0 cm³/mol. The van der Waals surface area contributed by atoms with Gasteiger partial charge in [0.05, 0.1) is 7.11 Å². The first-order valence-electron chi connectivity index (χ1n) is 3.72. The number of carbonyl (C=O) groups is 1. The largest absolute Gasteiger partial charge is 0.468 e. The van der Waals surface area contributed by atoms with Gasteiger partial charge in [0, 0.05) is 5.02 Å². The Hall–Kier alpha value is -0.800. The first-order valence-corrected chi connectivity index (χ1v) is 4.54. The van der Waals surface area contributed by atoms with Crippen molar-refractivity contribution < 1.29 is 13.9 Å². The number of esters is 1. The molecule has 0 saturated heterocycles. The lowest BCUT2D eigenvalue weighted by Crippen LogP contribution is -2.08. The van der Waals surface area contributed by atoms with Crippen molar-refractivity contribution >= 4 is 29.2 Å². The van der Waals surface area contributed by atoms with E-state index in [-0.39, 0.29) is 10.6 Å². The van der Waals surface area contributed by atoms with Crippen molar-refractivity contribution in [3.8, 4) is 0 Å². The Morgan fingerprint density at radius 1 is 1.50 bits per heavy atom. The Kier molecular flexibility index (Phi) is 3.72. The van der Waals surface area contributed by atoms with Crippen LogP contribution in [0, 0.1) is 5.82 Å². The van der Waals surface area contributed by atoms with Crippen LogP contribution in [0.5, 0.6) is 0 Å². The summed E-state index contributed by atoms with van der Waals surface area (Å²) in [4.78, 5) is 11.0. The quantitative estimate of drug-likeness (QED) is 0.583. The molecule has 1 rings (SSSR count). The molecular weight excluding hydrogens is 230 g/mol. The highest BCUT2D eigenvalue weighted by Crippen LogP contribution is 2.25. The fourth-order valence-electron chi connectivity index (χ4n) is 0.961. The van der Waals surface area contributed by atoms with E-state index in [1.165, 1.54) is 13.2 Å². The van der Waals surface area contributed by atoms with Gasteiger partial charge in [0.1, 0.15) is 5.82 Å². The van der Waals surface area contributed by atoms with Gasteiger partial charge >= 0.3 is 5.97 Å². The minimum absolute atomic E-state index is 0.189. The molecule has 2 nitrogen and oxygen atoms in total. The van der Waals surface area contributed by atoms with E-state index in [1.54, 1.807) is 0 Å². The number of carbonyl (C=O) groups excluding carboxylic acids is 1. The maximum atomic E-state index is 12.9. The van der Waals surface area contributed by atoms with Gasteiger partial charge in [-0.2, -0.15) is 0 Å². The third kappa shape index (κ3) is 2.59. The monoisotopic (exact) mass is 236 g/mol. The van der Waals surface area contributed by atoms with Crippen molar-refractivity contribution in [1.82, 2.24) is 0 Å². The zero-order valence-corrected chi connectivity index (χ0v) is 8.77. The number of benzene rings is 1. The zero-order valence-electron chi connectivity index (χ0n) is 7.26. The van der Waals surface area contributed by atoms with E-state index in [9.17, 15) is 9.18 Å². The molecular formula is C9H7Cl2FO2. The van der Waals surface area contributed by atoms with Crippen LogP contribution in [-0.4, -0.2) is 13.1 Å². The van der Waals surface area contributed by atoms with Crippen molar-refractivity contribution in [1.29, 1.82) is 0 Å². The van der Waals surface area contributed by atoms with Gasteiger partial charge in [-0.15, -0.1) is 11.6 Å². The number of ether oxygens (including phenoxy) is 1. The van der Waals surface area contributed by atoms with Crippen LogP contribution >= 0.6 is 23.2 Å². The number of halogens is 3. The van der Waals surface area contributed by atoms with Crippen LogP contribution in [0.2, 0.25) is 5.02 Å². The van der Waals surface area contributed by atoms with Gasteiger partial charge in [-0.3, -0.25) is 4.79 Å². The maximum Gasteiger partial charge on any atom is 0.328 e. The van der Waals surface area contributed by atoms with Gasteiger partial charge in [-0.05, 0) is 23.8 Å². The number of methoxy groups -OCH3 is 1. The molecule has 0 aliphatic carbocycles. The molecule has 5 heteroatoms. The summed E-state index contributed by atoms with van der Waals surface area (Å²) in [5.74, 6) is -1.18. The normalized spacial score (nSPS) is 12.3. The number of hydrogen-bond donors (Lipinski definition) is 0. The molecule has 1 unspecified atom stereocenters. The second kappa shape index (κ2) is 4.62. The second-order valence-corrected chi connectivity index (χ2v) is 3.46. The molecule has 0 N–H and O–H groups in total. The van der Waals surface area contributed by atoms with E-state index in [2.05, 4.69) is 4.74 Å². The summed E-state index contributed by atoms with van der Waals surface area (Å²) >= 11 is 11.3. The van der Waals surface area contributed by atoms with Crippen LogP contribution in [0.1, 0.15) is 10.9 Å². The van der Waals surface area contributed by atoms with Gasteiger partial charge in [0.2, 0.25) is 0 Å². The molecule has 0 amide bonds. The number of rotatable bonds is 2. The molecule has 0 heterocycles. The van der Waals surface area contributed by atoms with Crippen molar-refractivity contribution in [3.63, 3.8) is 0 Å². The van der Waals surface area contributed by atoms with E-state index in [4.69, 9.17) is 23.2 Å². The minimum atomic E-state index is -1.03. The third-order valence-corrected chi connectivity index (χ3v) is 2.23. The summed E-state index contributed by atoms with van der Waals surface area (Å²) in [5.41, 5.74) is 0.281. The molecule has 0 aliphatic rings. The molecule has 0 radical (unpaired) electrons. The van der Waals surface area contributed by atoms with Gasteiger partial charge in [0.25, 0.3) is 0 Å². The Morgan fingerprint density at radius 3 is 2.64 bits per heavy atom. The van der Waals surface area contributed by atoms with Crippen LogP contribution in [0.25, 0.3) is 0 Å². The van der Waals surface area contributed by atoms with Gasteiger partial charge < -0.3 is 4.74 Å². The summed E-state index contributed by atoms with van der Waals surface area (Å²) in [6.07, 6.45) is 0. The van der Waals surface area contributed by atoms with E-state index in [0.29, 0.717) is 0 Å². The molecule has 0 aliphatic heterocycles. The maximum absolute atomic E-state index is 12.9. The first-order chi connectivity index (χ1) is 6.54. The lowest BCUT2D eigenvalue weighted by atomic mass is 10.1. The standard InChI is InChI=1S/C9H7Cl2FO2/c1-14-9(13)8(11)5-2-6(10)4-7(12)3-5/h2-4,8H,1H3. The lowest BCUT2D eigenvalue weighted by Gasteiger charge is -2.07. The second-order valence-electron chi connectivity index (χ2n) is 2.59. The van der Waals surface area contributed by atoms with E-state index >= 15 is 0 Å². The van der Waals surface area contributed by atoms with Gasteiger partial charge in [-0.1, -0.05) is 11.6 Å². The molecule has 1 aromatic carbocycles. The van der Waals surface area contributed by atoms with Crippen molar-refractivity contribution in [2.75, 3.05) is 7.11 Å². The Bertz CT molecular complexity index is 334. The first kappa shape index (κ1) is 11.3. The molecule has 1 atom stereocenters. The lowest BCUT2D eigenvalue weighted by molar-refractivity contribution is -0.140. The molecule has 1 aromatic rings. The Morgan fingerprint density at radius 2 is 2.14 bits per heavy atom. The van der Waals surface area contributed by atoms with Crippen LogP contribution in [0.3, 0.4) is 0 Å². The number of hydrogen-bond acceptors (Lipinski definition) is 2. The van der Waals surface area contributed by atoms with E-state index in [0.717, 1.165) is 12.1 Å². The topological polar surface area (TPSA) is 26.3 Å². The summed E-state index contributed by atoms with van der Waals surface area (Å²) in [6.45, 7) is 0. The van der Waals surface area contributed by atoms with Crippen molar-refractivity contribution in [2.45, 2.75) is 5.38 Å². The molecule has 14 heavy (non-hydrogen) atoms. The molecule has 0 spiro atoms. The molecule has 0 aromatic heterocycles. The van der Waals surface area contributed by atoms with Crippen LogP contribution in [-0.2, 0) is 9.53 Å². The van der Waals surface area contributed by atoms with Crippen LogP contribution in [0.15, 0.2) is 18.2 Å². The molecule has 0 fully saturated rings. The van der Waals surface area contributed by atoms with E-state index < -0.39 is 17.2 Å². The predicted octanol–water partition coefficient (Wildman–Crippen LogP) is 2.93. The molecule has 0 saturated carbocycles. The van der Waals surface area contributed by atoms with Crippen LogP contribution < -0.4 is 0 Å². The number of alkyl halides is 1. The Balaban J connectivity index is 3.00. The summed E-state index contributed by atoms with van der Waals surface area (Å²) in [6, 6.07) is 3.69. The third-order valence-electron chi connectivity index (χ3n) is 1.59. The highest BCUT2D eigenvalue weighted by atomic mass is 35.5. The fourth-order valence-corrected chi connectivity index (χ4v) is 1.41. The van der Waals surface area contributed by atoms with Gasteiger partial charge in [-0.25, -0.2) is 4.39 Å². The zero-order chi connectivity index (χ0) is 10.7. The summed E-state index contributed by atoms with van der Waals surface area (Å²) in [5, 5.41) is -0.845. The average molecular weight is 237 g/mol. The average Bonchev–Trinajstić information content (AvgIpc) is 2.14. The summed E-state index contributed by atoms with van der Waals surface area (Å²) < 4.78 is 17.3. The van der Waals surface area contributed by atoms with Crippen molar-refractivity contribution in [3.05, 3.63) is 34.6 Å². The van der Waals surface area contributed by atoms with Gasteiger partial charge in [0.15, 0.2) is 5.38 Å². The summed E-state index contributed by atoms with van der Waals surface area (Å²) in [7, 11) is 1.21.